The van der Waals surface area contributed by atoms with Crippen LogP contribution < -0.4 is 0 Å². The third kappa shape index (κ3) is 2.00. The van der Waals surface area contributed by atoms with Gasteiger partial charge in [-0.15, -0.1) is 0 Å². The smallest absolute Gasteiger partial charge is 0.193 e. The summed E-state index contributed by atoms with van der Waals surface area (Å²) in [5, 5.41) is 0.767. The SMILES string of the molecule is C=C(C(=O)c1ccc(Cl)c2c1CC2)c1ccccc1. The van der Waals surface area contributed by atoms with E-state index in [1.54, 1.807) is 0 Å². The standard InChI is InChI=1S/C17H13ClO/c1-11(12-5-3-2-4-6-12)17(19)15-9-10-16(18)14-8-7-13(14)15/h2-6,9-10H,1,7-8H2. The Morgan fingerprint density at radius 1 is 1.00 bits per heavy atom. The summed E-state index contributed by atoms with van der Waals surface area (Å²) in [6.45, 7) is 3.94. The van der Waals surface area contributed by atoms with E-state index in [2.05, 4.69) is 6.58 Å². The lowest BCUT2D eigenvalue weighted by Gasteiger charge is -2.23. The normalized spacial score (nSPS) is 12.5. The van der Waals surface area contributed by atoms with E-state index in [-0.39, 0.29) is 5.78 Å². The van der Waals surface area contributed by atoms with Gasteiger partial charge in [0.1, 0.15) is 0 Å². The first kappa shape index (κ1) is 12.2. The average Bonchev–Trinajstić information content (AvgIpc) is 2.40. The van der Waals surface area contributed by atoms with Crippen molar-refractivity contribution in [2.24, 2.45) is 0 Å². The third-order valence-electron chi connectivity index (χ3n) is 3.64. The molecule has 94 valence electrons. The minimum absolute atomic E-state index is 0.00110. The van der Waals surface area contributed by atoms with Gasteiger partial charge in [0, 0.05) is 16.2 Å². The lowest BCUT2D eigenvalue weighted by molar-refractivity contribution is 0.105. The molecule has 2 aromatic carbocycles. The molecule has 0 bridgehead atoms. The first-order chi connectivity index (χ1) is 9.18. The predicted octanol–water partition coefficient (Wildman–Crippen LogP) is 4.33. The Kier molecular flexibility index (Phi) is 3.00. The van der Waals surface area contributed by atoms with E-state index in [4.69, 9.17) is 11.6 Å². The summed E-state index contributed by atoms with van der Waals surface area (Å²) in [5.41, 5.74) is 4.37. The highest BCUT2D eigenvalue weighted by Crippen LogP contribution is 2.34. The number of carbonyl (C=O) groups excluding carboxylic acids is 1. The Morgan fingerprint density at radius 2 is 1.68 bits per heavy atom. The van der Waals surface area contributed by atoms with Gasteiger partial charge in [-0.2, -0.15) is 0 Å². The molecule has 0 saturated heterocycles. The molecule has 0 fully saturated rings. The maximum absolute atomic E-state index is 12.5. The molecule has 1 nitrogen and oxygen atoms in total. The fourth-order valence-corrected chi connectivity index (χ4v) is 2.71. The molecule has 19 heavy (non-hydrogen) atoms. The second-order valence-corrected chi connectivity index (χ2v) is 5.13. The number of ketones is 1. The number of carbonyl (C=O) groups is 1. The van der Waals surface area contributed by atoms with Crippen LogP contribution in [-0.4, -0.2) is 5.78 Å². The second-order valence-electron chi connectivity index (χ2n) is 4.73. The second kappa shape index (κ2) is 4.67. The fourth-order valence-electron chi connectivity index (χ4n) is 2.44. The zero-order valence-corrected chi connectivity index (χ0v) is 11.2. The monoisotopic (exact) mass is 268 g/mol. The number of Topliss-reactive ketones (excluding diaryl/α,β-unsaturated/α-hetero) is 1. The molecule has 2 aromatic rings. The number of fused-ring (bicyclic) bond motifs is 1. The predicted molar refractivity (Wildman–Crippen MR) is 78.7 cm³/mol. The van der Waals surface area contributed by atoms with E-state index in [9.17, 15) is 4.79 Å². The number of hydrogen-bond donors (Lipinski definition) is 0. The van der Waals surface area contributed by atoms with E-state index in [1.807, 2.05) is 42.5 Å². The quantitative estimate of drug-likeness (QED) is 0.598. The molecule has 0 aromatic heterocycles. The Labute approximate surface area is 117 Å². The van der Waals surface area contributed by atoms with Gasteiger partial charge in [-0.1, -0.05) is 48.5 Å². The maximum atomic E-state index is 12.5. The first-order valence-electron chi connectivity index (χ1n) is 6.28. The summed E-state index contributed by atoms with van der Waals surface area (Å²) in [7, 11) is 0. The van der Waals surface area contributed by atoms with Gasteiger partial charge in [0.15, 0.2) is 5.78 Å². The van der Waals surface area contributed by atoms with E-state index >= 15 is 0 Å². The molecule has 1 aliphatic rings. The van der Waals surface area contributed by atoms with Crippen molar-refractivity contribution in [1.29, 1.82) is 0 Å². The van der Waals surface area contributed by atoms with Gasteiger partial charge >= 0.3 is 0 Å². The number of halogens is 1. The number of rotatable bonds is 3. The number of hydrogen-bond acceptors (Lipinski definition) is 1. The van der Waals surface area contributed by atoms with Crippen LogP contribution in [0.25, 0.3) is 5.57 Å². The van der Waals surface area contributed by atoms with Crippen molar-refractivity contribution in [3.05, 3.63) is 76.3 Å². The summed E-state index contributed by atoms with van der Waals surface area (Å²) in [6, 6.07) is 13.2. The van der Waals surface area contributed by atoms with E-state index in [0.717, 1.165) is 40.1 Å². The highest BCUT2D eigenvalue weighted by molar-refractivity contribution is 6.33. The van der Waals surface area contributed by atoms with Crippen LogP contribution in [0.3, 0.4) is 0 Å². The number of benzene rings is 2. The summed E-state index contributed by atoms with van der Waals surface area (Å²) in [4.78, 5) is 12.5. The van der Waals surface area contributed by atoms with Gasteiger partial charge in [-0.25, -0.2) is 0 Å². The Hall–Kier alpha value is -1.86. The van der Waals surface area contributed by atoms with Gasteiger partial charge in [0.05, 0.1) is 0 Å². The highest BCUT2D eigenvalue weighted by atomic mass is 35.5. The molecule has 0 N–H and O–H groups in total. The summed E-state index contributed by atoms with van der Waals surface area (Å²) < 4.78 is 0. The molecule has 0 spiro atoms. The van der Waals surface area contributed by atoms with Crippen LogP contribution in [0.15, 0.2) is 49.0 Å². The van der Waals surface area contributed by atoms with Crippen LogP contribution in [0, 0.1) is 0 Å². The molecule has 0 saturated carbocycles. The van der Waals surface area contributed by atoms with Gasteiger partial charge in [0.2, 0.25) is 0 Å². The van der Waals surface area contributed by atoms with Gasteiger partial charge in [0.25, 0.3) is 0 Å². The van der Waals surface area contributed by atoms with E-state index < -0.39 is 0 Å². The van der Waals surface area contributed by atoms with Crippen molar-refractivity contribution in [1.82, 2.24) is 0 Å². The Bertz CT molecular complexity index is 671. The zero-order valence-electron chi connectivity index (χ0n) is 10.4. The molecule has 0 heterocycles. The molecule has 0 atom stereocenters. The summed E-state index contributed by atoms with van der Waals surface area (Å²) in [5.74, 6) is -0.00110. The Balaban J connectivity index is 1.98. The topological polar surface area (TPSA) is 17.1 Å². The molecule has 1 aliphatic carbocycles. The van der Waals surface area contributed by atoms with Crippen LogP contribution in [0.5, 0.6) is 0 Å². The molecule has 2 heteroatoms. The van der Waals surface area contributed by atoms with Crippen LogP contribution in [0.2, 0.25) is 5.02 Å². The van der Waals surface area contributed by atoms with Crippen molar-refractivity contribution in [2.45, 2.75) is 12.8 Å². The Morgan fingerprint density at radius 3 is 2.32 bits per heavy atom. The van der Waals surface area contributed by atoms with Crippen molar-refractivity contribution in [2.75, 3.05) is 0 Å². The van der Waals surface area contributed by atoms with Crippen molar-refractivity contribution in [3.63, 3.8) is 0 Å². The summed E-state index contributed by atoms with van der Waals surface area (Å²) in [6.07, 6.45) is 1.89. The lowest BCUT2D eigenvalue weighted by atomic mass is 9.82. The van der Waals surface area contributed by atoms with E-state index in [0.29, 0.717) is 5.57 Å². The molecular weight excluding hydrogens is 256 g/mol. The number of allylic oxidation sites excluding steroid dienone is 1. The molecule has 0 radical (unpaired) electrons. The first-order valence-corrected chi connectivity index (χ1v) is 6.65. The minimum atomic E-state index is -0.00110. The summed E-state index contributed by atoms with van der Waals surface area (Å²) >= 11 is 6.10. The van der Waals surface area contributed by atoms with Crippen LogP contribution >= 0.6 is 11.6 Å². The zero-order chi connectivity index (χ0) is 13.4. The van der Waals surface area contributed by atoms with Crippen molar-refractivity contribution < 1.29 is 4.79 Å². The van der Waals surface area contributed by atoms with Crippen molar-refractivity contribution in [3.8, 4) is 0 Å². The van der Waals surface area contributed by atoms with Crippen molar-refractivity contribution >= 4 is 23.0 Å². The minimum Gasteiger partial charge on any atom is -0.289 e. The van der Waals surface area contributed by atoms with Crippen LogP contribution in [0.4, 0.5) is 0 Å². The molecule has 0 unspecified atom stereocenters. The average molecular weight is 269 g/mol. The van der Waals surface area contributed by atoms with Gasteiger partial charge in [-0.3, -0.25) is 4.79 Å². The van der Waals surface area contributed by atoms with Gasteiger partial charge in [-0.05, 0) is 41.7 Å². The third-order valence-corrected chi connectivity index (χ3v) is 3.99. The van der Waals surface area contributed by atoms with Crippen LogP contribution in [-0.2, 0) is 12.8 Å². The van der Waals surface area contributed by atoms with Crippen LogP contribution in [0.1, 0.15) is 27.0 Å². The lowest BCUT2D eigenvalue weighted by Crippen LogP contribution is -2.16. The molecule has 0 aliphatic heterocycles. The fraction of sp³-hybridized carbons (Fsp3) is 0.118. The molecular formula is C17H13ClO. The van der Waals surface area contributed by atoms with E-state index in [1.165, 1.54) is 0 Å². The van der Waals surface area contributed by atoms with Gasteiger partial charge < -0.3 is 0 Å². The molecule has 0 amide bonds. The molecule has 3 rings (SSSR count). The largest absolute Gasteiger partial charge is 0.289 e. The highest BCUT2D eigenvalue weighted by Gasteiger charge is 2.24. The maximum Gasteiger partial charge on any atom is 0.193 e.